The van der Waals surface area contributed by atoms with Gasteiger partial charge in [-0.1, -0.05) is 152 Å². The Kier molecular flexibility index (Phi) is 4.43. The van der Waals surface area contributed by atoms with Crippen LogP contribution in [0.15, 0.2) is 158 Å². The maximum Gasteiger partial charge on any atom is 0.0720 e. The number of benzene rings is 7. The van der Waals surface area contributed by atoms with Crippen LogP contribution in [0.25, 0.3) is 42.4 Å². The summed E-state index contributed by atoms with van der Waals surface area (Å²) in [4.78, 5) is 0. The van der Waals surface area contributed by atoms with Gasteiger partial charge in [-0.25, -0.2) is 0 Å². The predicted octanol–water partition coefficient (Wildman–Crippen LogP) is 11.1. The average Bonchev–Trinajstić information content (AvgIpc) is 3.73. The van der Waals surface area contributed by atoms with Crippen LogP contribution in [-0.4, -0.2) is 0 Å². The van der Waals surface area contributed by atoms with Gasteiger partial charge in [0.2, 0.25) is 0 Å². The van der Waals surface area contributed by atoms with Crippen molar-refractivity contribution in [2.75, 3.05) is 0 Å². The van der Waals surface area contributed by atoms with Crippen molar-refractivity contribution in [1.29, 1.82) is 0 Å². The first-order valence-corrected chi connectivity index (χ1v) is 16.6. The van der Waals surface area contributed by atoms with E-state index >= 15 is 0 Å². The average molecular weight is 587 g/mol. The van der Waals surface area contributed by atoms with Gasteiger partial charge >= 0.3 is 0 Å². The van der Waals surface area contributed by atoms with Gasteiger partial charge in [-0.05, 0) is 67.3 Å². The Morgan fingerprint density at radius 2 is 0.733 bits per heavy atom. The van der Waals surface area contributed by atoms with Crippen molar-refractivity contribution in [3.8, 4) is 22.3 Å². The van der Waals surface area contributed by atoms with E-state index < -0.39 is 10.8 Å². The molecule has 0 aliphatic heterocycles. The molecule has 208 valence electrons. The number of hydrogen-bond acceptors (Lipinski definition) is 1. The lowest BCUT2D eigenvalue weighted by atomic mass is 9.52. The van der Waals surface area contributed by atoms with E-state index in [0.717, 1.165) is 0 Å². The second kappa shape index (κ2) is 8.27. The van der Waals surface area contributed by atoms with Crippen molar-refractivity contribution in [2.24, 2.45) is 0 Å². The van der Waals surface area contributed by atoms with Gasteiger partial charge in [-0.2, -0.15) is 0 Å². The van der Waals surface area contributed by atoms with E-state index in [-0.39, 0.29) is 0 Å². The zero-order valence-electron chi connectivity index (χ0n) is 24.4. The third-order valence-electron chi connectivity index (χ3n) is 11.0. The molecule has 7 aromatic carbocycles. The van der Waals surface area contributed by atoms with Gasteiger partial charge < -0.3 is 0 Å². The lowest BCUT2D eigenvalue weighted by Crippen LogP contribution is -2.43. The molecule has 11 rings (SSSR count). The van der Waals surface area contributed by atoms with Crippen LogP contribution in [0.1, 0.15) is 44.5 Å². The van der Waals surface area contributed by atoms with Gasteiger partial charge in [0.1, 0.15) is 0 Å². The first kappa shape index (κ1) is 24.1. The highest BCUT2D eigenvalue weighted by molar-refractivity contribution is 7.26. The lowest BCUT2D eigenvalue weighted by molar-refractivity contribution is 0.633. The smallest absolute Gasteiger partial charge is 0.0720 e. The molecular formula is C44H26S. The zero-order chi connectivity index (χ0) is 29.3. The van der Waals surface area contributed by atoms with Crippen LogP contribution in [0.2, 0.25) is 0 Å². The molecule has 1 heteroatoms. The first-order chi connectivity index (χ1) is 22.3. The minimum atomic E-state index is -0.429. The number of thiophene rings is 1. The molecule has 0 unspecified atom stereocenters. The van der Waals surface area contributed by atoms with Crippen LogP contribution in [0.5, 0.6) is 0 Å². The Labute approximate surface area is 265 Å². The van der Waals surface area contributed by atoms with E-state index in [9.17, 15) is 0 Å². The van der Waals surface area contributed by atoms with Crippen molar-refractivity contribution in [3.05, 3.63) is 202 Å². The summed E-state index contributed by atoms with van der Waals surface area (Å²) < 4.78 is 2.74. The molecule has 0 fully saturated rings. The summed E-state index contributed by atoms with van der Waals surface area (Å²) >= 11 is 1.94. The standard InChI is InChI=1S/C44H26S/c1-5-17-32-27(13-1)28-14-2-6-18-33(28)43(32)35-20-8-10-22-37(35)44(38-23-11-9-21-36(38)43)34-19-7-3-16-31(34)41-39(44)26-25-30-29-15-4-12-24-40(29)45-42(30)41/h1-26H. The quantitative estimate of drug-likeness (QED) is 0.166. The molecule has 0 bridgehead atoms. The predicted molar refractivity (Wildman–Crippen MR) is 187 cm³/mol. The summed E-state index contributed by atoms with van der Waals surface area (Å²) in [5.41, 5.74) is 15.7. The summed E-state index contributed by atoms with van der Waals surface area (Å²) in [6, 6.07) is 59.9. The Morgan fingerprint density at radius 3 is 1.31 bits per heavy atom. The Hall–Kier alpha value is -5.24. The second-order valence-electron chi connectivity index (χ2n) is 12.7. The van der Waals surface area contributed by atoms with E-state index in [1.807, 2.05) is 11.3 Å². The van der Waals surface area contributed by atoms with Crippen LogP contribution in [0.3, 0.4) is 0 Å². The SMILES string of the molecule is c1ccc2c(c1)-c1ccccc1C21c2ccccc2C2(c3ccccc3-c3c2ccc2c3sc3ccccc32)c2ccccc21. The molecule has 45 heavy (non-hydrogen) atoms. The lowest BCUT2D eigenvalue weighted by Gasteiger charge is -2.48. The van der Waals surface area contributed by atoms with Crippen molar-refractivity contribution in [1.82, 2.24) is 0 Å². The molecule has 0 saturated heterocycles. The van der Waals surface area contributed by atoms with E-state index in [0.29, 0.717) is 0 Å². The van der Waals surface area contributed by atoms with Gasteiger partial charge in [0.05, 0.1) is 10.8 Å². The molecule has 0 N–H and O–H groups in total. The normalized spacial score (nSPS) is 15.5. The summed E-state index contributed by atoms with van der Waals surface area (Å²) in [7, 11) is 0. The van der Waals surface area contributed by atoms with Crippen molar-refractivity contribution >= 4 is 31.5 Å². The van der Waals surface area contributed by atoms with Crippen LogP contribution in [-0.2, 0) is 10.8 Å². The molecular weight excluding hydrogens is 561 g/mol. The van der Waals surface area contributed by atoms with Crippen molar-refractivity contribution in [3.63, 3.8) is 0 Å². The molecule has 0 saturated carbocycles. The largest absolute Gasteiger partial charge is 0.135 e. The molecule has 0 amide bonds. The molecule has 0 radical (unpaired) electrons. The Morgan fingerprint density at radius 1 is 0.311 bits per heavy atom. The van der Waals surface area contributed by atoms with Gasteiger partial charge in [-0.3, -0.25) is 0 Å². The summed E-state index contributed by atoms with van der Waals surface area (Å²) in [5.74, 6) is 0. The van der Waals surface area contributed by atoms with Crippen LogP contribution >= 0.6 is 11.3 Å². The van der Waals surface area contributed by atoms with E-state index in [1.54, 1.807) is 0 Å². The molecule has 0 nitrogen and oxygen atoms in total. The third-order valence-corrected chi connectivity index (χ3v) is 12.2. The van der Waals surface area contributed by atoms with Crippen LogP contribution in [0, 0.1) is 0 Å². The maximum absolute atomic E-state index is 2.46. The van der Waals surface area contributed by atoms with Crippen LogP contribution < -0.4 is 0 Å². The highest BCUT2D eigenvalue weighted by Gasteiger charge is 2.59. The molecule has 2 spiro atoms. The molecule has 3 aliphatic carbocycles. The molecule has 3 aliphatic rings. The van der Waals surface area contributed by atoms with Crippen LogP contribution in [0.4, 0.5) is 0 Å². The number of rotatable bonds is 0. The van der Waals surface area contributed by atoms with Gasteiger partial charge in [0.15, 0.2) is 0 Å². The first-order valence-electron chi connectivity index (χ1n) is 15.8. The highest BCUT2D eigenvalue weighted by Crippen LogP contribution is 2.68. The van der Waals surface area contributed by atoms with Gasteiger partial charge in [-0.15, -0.1) is 11.3 Å². The fourth-order valence-corrected chi connectivity index (χ4v) is 10.8. The summed E-state index contributed by atoms with van der Waals surface area (Å²) in [6.45, 7) is 0. The fraction of sp³-hybridized carbons (Fsp3) is 0.0455. The van der Waals surface area contributed by atoms with Gasteiger partial charge in [0, 0.05) is 25.7 Å². The Balaban J connectivity index is 1.36. The van der Waals surface area contributed by atoms with E-state index in [4.69, 9.17) is 0 Å². The summed E-state index contributed by atoms with van der Waals surface area (Å²) in [5, 5.41) is 2.70. The molecule has 8 aromatic rings. The third kappa shape index (κ3) is 2.61. The monoisotopic (exact) mass is 586 g/mol. The zero-order valence-corrected chi connectivity index (χ0v) is 25.2. The maximum atomic E-state index is 2.46. The molecule has 1 heterocycles. The number of fused-ring (bicyclic) bond motifs is 20. The minimum Gasteiger partial charge on any atom is -0.135 e. The molecule has 0 atom stereocenters. The van der Waals surface area contributed by atoms with Crippen molar-refractivity contribution in [2.45, 2.75) is 10.8 Å². The topological polar surface area (TPSA) is 0 Å². The highest BCUT2D eigenvalue weighted by atomic mass is 32.1. The second-order valence-corrected chi connectivity index (χ2v) is 13.7. The fourth-order valence-electron chi connectivity index (χ4n) is 9.50. The van der Waals surface area contributed by atoms with Gasteiger partial charge in [0.25, 0.3) is 0 Å². The number of hydrogen-bond donors (Lipinski definition) is 0. The van der Waals surface area contributed by atoms with E-state index in [2.05, 4.69) is 158 Å². The molecule has 1 aromatic heterocycles. The Bertz CT molecular complexity index is 2470. The van der Waals surface area contributed by atoms with E-state index in [1.165, 1.54) is 86.9 Å². The van der Waals surface area contributed by atoms with Crippen molar-refractivity contribution < 1.29 is 0 Å². The minimum absolute atomic E-state index is 0.398. The summed E-state index contributed by atoms with van der Waals surface area (Å²) in [6.07, 6.45) is 0.